The molecule has 0 bridgehead atoms. The Kier molecular flexibility index (Phi) is 5.22. The van der Waals surface area contributed by atoms with E-state index in [1.165, 1.54) is 0 Å². The molecule has 3 aromatic rings. The molecule has 0 fully saturated rings. The third-order valence-electron chi connectivity index (χ3n) is 3.90. The Bertz CT molecular complexity index is 912. The van der Waals surface area contributed by atoms with Crippen molar-refractivity contribution in [2.45, 2.75) is 13.8 Å². The number of hydrogen-bond acceptors (Lipinski definition) is 6. The van der Waals surface area contributed by atoms with Gasteiger partial charge in [0.15, 0.2) is 11.5 Å². The second kappa shape index (κ2) is 7.74. The van der Waals surface area contributed by atoms with Gasteiger partial charge >= 0.3 is 0 Å². The number of anilines is 4. The molecule has 0 aliphatic heterocycles. The van der Waals surface area contributed by atoms with Gasteiger partial charge in [-0.25, -0.2) is 9.97 Å². The topological polar surface area (TPSA) is 68.3 Å². The monoisotopic (exact) mass is 350 g/mol. The number of nitrogens with one attached hydrogen (secondary N) is 2. The van der Waals surface area contributed by atoms with Crippen LogP contribution >= 0.6 is 0 Å². The Labute approximate surface area is 153 Å². The van der Waals surface area contributed by atoms with E-state index in [0.29, 0.717) is 23.1 Å². The van der Waals surface area contributed by atoms with Crippen molar-refractivity contribution in [1.82, 2.24) is 9.97 Å². The van der Waals surface area contributed by atoms with Crippen molar-refractivity contribution in [3.63, 3.8) is 0 Å². The number of rotatable bonds is 6. The fourth-order valence-electron chi connectivity index (χ4n) is 2.61. The second-order valence-corrected chi connectivity index (χ2v) is 5.82. The average Bonchev–Trinajstić information content (AvgIpc) is 2.63. The summed E-state index contributed by atoms with van der Waals surface area (Å²) in [4.78, 5) is 8.92. The molecule has 1 aromatic heterocycles. The van der Waals surface area contributed by atoms with E-state index in [1.807, 2.05) is 49.4 Å². The number of ether oxygens (including phenoxy) is 2. The van der Waals surface area contributed by atoms with Gasteiger partial charge in [0.1, 0.15) is 17.5 Å². The maximum Gasteiger partial charge on any atom is 0.162 e. The molecular weight excluding hydrogens is 328 g/mol. The fraction of sp³-hybridized carbons (Fsp3) is 0.200. The number of benzene rings is 2. The standard InChI is InChI=1S/C20H22N4O2/c1-13-7-5-6-8-16(13)24-20-12-19(21-14(2)22-20)23-15-9-10-17(25-3)18(11-15)26-4/h5-12H,1-4H3,(H2,21,22,23,24). The van der Waals surface area contributed by atoms with Crippen LogP contribution in [0.25, 0.3) is 0 Å². The molecule has 0 saturated heterocycles. The molecule has 2 N–H and O–H groups in total. The lowest BCUT2D eigenvalue weighted by molar-refractivity contribution is 0.355. The normalized spacial score (nSPS) is 10.3. The highest BCUT2D eigenvalue weighted by Crippen LogP contribution is 2.31. The Hall–Kier alpha value is -3.28. The molecule has 0 aliphatic rings. The van der Waals surface area contributed by atoms with Crippen LogP contribution in [0.2, 0.25) is 0 Å². The first kappa shape index (κ1) is 17.5. The number of para-hydroxylation sites is 1. The molecule has 6 nitrogen and oxygen atoms in total. The van der Waals surface area contributed by atoms with E-state index in [1.54, 1.807) is 14.2 Å². The van der Waals surface area contributed by atoms with Crippen LogP contribution in [0.3, 0.4) is 0 Å². The van der Waals surface area contributed by atoms with E-state index in [2.05, 4.69) is 33.6 Å². The molecule has 26 heavy (non-hydrogen) atoms. The minimum atomic E-state index is 0.654. The van der Waals surface area contributed by atoms with Crippen LogP contribution in [-0.2, 0) is 0 Å². The zero-order chi connectivity index (χ0) is 18.5. The first-order valence-electron chi connectivity index (χ1n) is 8.26. The van der Waals surface area contributed by atoms with Crippen molar-refractivity contribution in [2.24, 2.45) is 0 Å². The lowest BCUT2D eigenvalue weighted by Crippen LogP contribution is -2.02. The summed E-state index contributed by atoms with van der Waals surface area (Å²) in [6.45, 7) is 3.92. The van der Waals surface area contributed by atoms with Crippen molar-refractivity contribution in [1.29, 1.82) is 0 Å². The summed E-state index contributed by atoms with van der Waals surface area (Å²) in [6.07, 6.45) is 0. The number of aryl methyl sites for hydroxylation is 2. The molecule has 0 saturated carbocycles. The molecular formula is C20H22N4O2. The van der Waals surface area contributed by atoms with Gasteiger partial charge in [-0.1, -0.05) is 18.2 Å². The van der Waals surface area contributed by atoms with E-state index < -0.39 is 0 Å². The second-order valence-electron chi connectivity index (χ2n) is 5.82. The highest BCUT2D eigenvalue weighted by molar-refractivity contribution is 5.66. The van der Waals surface area contributed by atoms with E-state index >= 15 is 0 Å². The molecule has 134 valence electrons. The van der Waals surface area contributed by atoms with Gasteiger partial charge in [0.05, 0.1) is 14.2 Å². The van der Waals surface area contributed by atoms with Gasteiger partial charge < -0.3 is 20.1 Å². The molecule has 0 unspecified atom stereocenters. The minimum Gasteiger partial charge on any atom is -0.493 e. The number of hydrogen-bond donors (Lipinski definition) is 2. The summed E-state index contributed by atoms with van der Waals surface area (Å²) in [6, 6.07) is 15.6. The maximum absolute atomic E-state index is 5.34. The highest BCUT2D eigenvalue weighted by atomic mass is 16.5. The van der Waals surface area contributed by atoms with Crippen LogP contribution < -0.4 is 20.1 Å². The number of methoxy groups -OCH3 is 2. The van der Waals surface area contributed by atoms with Crippen LogP contribution in [0, 0.1) is 13.8 Å². The summed E-state index contributed by atoms with van der Waals surface area (Å²) in [7, 11) is 3.23. The molecule has 0 spiro atoms. The Morgan fingerprint density at radius 3 is 2.15 bits per heavy atom. The zero-order valence-electron chi connectivity index (χ0n) is 15.3. The average molecular weight is 350 g/mol. The van der Waals surface area contributed by atoms with Crippen LogP contribution in [-0.4, -0.2) is 24.2 Å². The van der Waals surface area contributed by atoms with Crippen LogP contribution in [0.15, 0.2) is 48.5 Å². The van der Waals surface area contributed by atoms with Crippen LogP contribution in [0.5, 0.6) is 11.5 Å². The summed E-state index contributed by atoms with van der Waals surface area (Å²) >= 11 is 0. The molecule has 3 rings (SSSR count). The predicted molar refractivity (Wildman–Crippen MR) is 104 cm³/mol. The zero-order valence-corrected chi connectivity index (χ0v) is 15.3. The molecule has 0 atom stereocenters. The van der Waals surface area contributed by atoms with Gasteiger partial charge in [0.2, 0.25) is 0 Å². The molecule has 6 heteroatoms. The van der Waals surface area contributed by atoms with E-state index in [9.17, 15) is 0 Å². The summed E-state index contributed by atoms with van der Waals surface area (Å²) in [5.74, 6) is 3.43. The molecule has 0 amide bonds. The van der Waals surface area contributed by atoms with Crippen molar-refractivity contribution in [2.75, 3.05) is 24.9 Å². The van der Waals surface area contributed by atoms with E-state index in [4.69, 9.17) is 9.47 Å². The van der Waals surface area contributed by atoms with Gasteiger partial charge in [0.25, 0.3) is 0 Å². The van der Waals surface area contributed by atoms with Gasteiger partial charge in [-0.05, 0) is 37.6 Å². The predicted octanol–water partition coefficient (Wildman–Crippen LogP) is 4.60. The Balaban J connectivity index is 1.85. The minimum absolute atomic E-state index is 0.654. The fourth-order valence-corrected chi connectivity index (χ4v) is 2.61. The number of nitrogens with zero attached hydrogens (tertiary/aromatic N) is 2. The van der Waals surface area contributed by atoms with Crippen molar-refractivity contribution in [3.8, 4) is 11.5 Å². The van der Waals surface area contributed by atoms with Gasteiger partial charge in [-0.3, -0.25) is 0 Å². The molecule has 2 aromatic carbocycles. The van der Waals surface area contributed by atoms with Crippen molar-refractivity contribution in [3.05, 3.63) is 59.9 Å². The van der Waals surface area contributed by atoms with Crippen LogP contribution in [0.1, 0.15) is 11.4 Å². The van der Waals surface area contributed by atoms with Crippen LogP contribution in [0.4, 0.5) is 23.0 Å². The van der Waals surface area contributed by atoms with Crippen molar-refractivity contribution >= 4 is 23.0 Å². The lowest BCUT2D eigenvalue weighted by Gasteiger charge is -2.13. The van der Waals surface area contributed by atoms with Gasteiger partial charge in [-0.15, -0.1) is 0 Å². The smallest absolute Gasteiger partial charge is 0.162 e. The maximum atomic E-state index is 5.34. The quantitative estimate of drug-likeness (QED) is 0.677. The first-order valence-corrected chi connectivity index (χ1v) is 8.26. The summed E-state index contributed by atoms with van der Waals surface area (Å²) in [5, 5.41) is 6.63. The van der Waals surface area contributed by atoms with E-state index in [-0.39, 0.29) is 0 Å². The summed E-state index contributed by atoms with van der Waals surface area (Å²) < 4.78 is 10.6. The molecule has 1 heterocycles. The Morgan fingerprint density at radius 1 is 0.769 bits per heavy atom. The lowest BCUT2D eigenvalue weighted by atomic mass is 10.2. The number of aromatic nitrogens is 2. The third kappa shape index (κ3) is 4.03. The summed E-state index contributed by atoms with van der Waals surface area (Å²) in [5.41, 5.74) is 3.02. The first-order chi connectivity index (χ1) is 12.6. The molecule has 0 radical (unpaired) electrons. The highest BCUT2D eigenvalue weighted by Gasteiger charge is 2.07. The Morgan fingerprint density at radius 2 is 1.46 bits per heavy atom. The largest absolute Gasteiger partial charge is 0.493 e. The SMILES string of the molecule is COc1ccc(Nc2cc(Nc3ccccc3C)nc(C)n2)cc1OC. The van der Waals surface area contributed by atoms with Gasteiger partial charge in [0, 0.05) is 23.5 Å². The van der Waals surface area contributed by atoms with Crippen molar-refractivity contribution < 1.29 is 9.47 Å². The van der Waals surface area contributed by atoms with E-state index in [0.717, 1.165) is 22.8 Å². The molecule has 0 aliphatic carbocycles. The third-order valence-corrected chi connectivity index (χ3v) is 3.90. The van der Waals surface area contributed by atoms with Gasteiger partial charge in [-0.2, -0.15) is 0 Å².